The van der Waals surface area contributed by atoms with E-state index in [9.17, 15) is 9.90 Å². The van der Waals surface area contributed by atoms with Crippen LogP contribution in [-0.2, 0) is 4.79 Å². The number of aliphatic carboxylic acids is 1. The third-order valence-corrected chi connectivity index (χ3v) is 5.84. The van der Waals surface area contributed by atoms with Crippen molar-refractivity contribution in [1.82, 2.24) is 10.2 Å². The summed E-state index contributed by atoms with van der Waals surface area (Å²) in [5, 5.41) is 13.1. The molecule has 3 fully saturated rings. The van der Waals surface area contributed by atoms with Crippen LogP contribution in [0.25, 0.3) is 0 Å². The molecule has 4 nitrogen and oxygen atoms in total. The molecule has 2 N–H and O–H groups in total. The highest BCUT2D eigenvalue weighted by Crippen LogP contribution is 2.29. The lowest BCUT2D eigenvalue weighted by atomic mass is 9.92. The summed E-state index contributed by atoms with van der Waals surface area (Å²) in [6.45, 7) is 2.91. The van der Waals surface area contributed by atoms with Crippen molar-refractivity contribution in [1.29, 1.82) is 0 Å². The molecule has 0 aromatic heterocycles. The van der Waals surface area contributed by atoms with Gasteiger partial charge in [-0.1, -0.05) is 25.7 Å². The van der Waals surface area contributed by atoms with Crippen molar-refractivity contribution in [2.75, 3.05) is 19.6 Å². The Morgan fingerprint density at radius 1 is 1.05 bits per heavy atom. The first kappa shape index (κ1) is 15.3. The molecular weight excluding hydrogens is 264 g/mol. The molecule has 2 atom stereocenters. The molecule has 0 aromatic rings. The molecule has 4 heteroatoms. The predicted molar refractivity (Wildman–Crippen MR) is 83.3 cm³/mol. The second-order valence-corrected chi connectivity index (χ2v) is 7.42. The van der Waals surface area contributed by atoms with E-state index in [0.717, 1.165) is 32.0 Å². The zero-order chi connectivity index (χ0) is 14.7. The summed E-state index contributed by atoms with van der Waals surface area (Å²) in [5.74, 6) is 0.0425. The van der Waals surface area contributed by atoms with Crippen LogP contribution >= 0.6 is 0 Å². The van der Waals surface area contributed by atoms with Gasteiger partial charge in [-0.05, 0) is 44.6 Å². The molecule has 120 valence electrons. The Bertz CT molecular complexity index is 349. The van der Waals surface area contributed by atoms with Gasteiger partial charge in [-0.15, -0.1) is 0 Å². The number of hydrogen-bond acceptors (Lipinski definition) is 3. The van der Waals surface area contributed by atoms with E-state index >= 15 is 0 Å². The fourth-order valence-corrected chi connectivity index (χ4v) is 4.58. The highest BCUT2D eigenvalue weighted by Gasteiger charge is 2.35. The van der Waals surface area contributed by atoms with E-state index in [1.165, 1.54) is 51.4 Å². The lowest BCUT2D eigenvalue weighted by molar-refractivity contribution is -0.144. The third kappa shape index (κ3) is 3.98. The van der Waals surface area contributed by atoms with Crippen molar-refractivity contribution < 1.29 is 9.90 Å². The van der Waals surface area contributed by atoms with Crippen molar-refractivity contribution in [2.24, 2.45) is 11.8 Å². The standard InChI is InChI=1S/C17H30N2O2/c20-17(21)14-9-15(18-10-13-5-1-2-6-13)12-19(11-14)16-7-3-4-8-16/h13-16,18H,1-12H2,(H,20,21). The monoisotopic (exact) mass is 294 g/mol. The molecule has 1 saturated heterocycles. The number of carbonyl (C=O) groups is 1. The van der Waals surface area contributed by atoms with E-state index in [-0.39, 0.29) is 5.92 Å². The van der Waals surface area contributed by atoms with E-state index in [2.05, 4.69) is 10.2 Å². The molecule has 0 spiro atoms. The Morgan fingerprint density at radius 2 is 1.71 bits per heavy atom. The van der Waals surface area contributed by atoms with Gasteiger partial charge in [0.15, 0.2) is 0 Å². The van der Waals surface area contributed by atoms with Crippen LogP contribution in [0, 0.1) is 11.8 Å². The molecule has 2 aliphatic carbocycles. The highest BCUT2D eigenvalue weighted by atomic mass is 16.4. The van der Waals surface area contributed by atoms with Crippen molar-refractivity contribution in [3.63, 3.8) is 0 Å². The van der Waals surface area contributed by atoms with Gasteiger partial charge in [0, 0.05) is 25.2 Å². The Hall–Kier alpha value is -0.610. The van der Waals surface area contributed by atoms with Crippen LogP contribution in [0.5, 0.6) is 0 Å². The zero-order valence-corrected chi connectivity index (χ0v) is 13.1. The van der Waals surface area contributed by atoms with Crippen molar-refractivity contribution in [3.05, 3.63) is 0 Å². The third-order valence-electron chi connectivity index (χ3n) is 5.84. The fourth-order valence-electron chi connectivity index (χ4n) is 4.58. The van der Waals surface area contributed by atoms with Crippen molar-refractivity contribution >= 4 is 5.97 Å². The lowest BCUT2D eigenvalue weighted by Crippen LogP contribution is -2.54. The molecule has 2 unspecified atom stereocenters. The maximum absolute atomic E-state index is 11.5. The van der Waals surface area contributed by atoms with Crippen molar-refractivity contribution in [3.8, 4) is 0 Å². The van der Waals surface area contributed by atoms with Gasteiger partial charge in [0.1, 0.15) is 0 Å². The second kappa shape index (κ2) is 7.10. The maximum Gasteiger partial charge on any atom is 0.307 e. The van der Waals surface area contributed by atoms with E-state index in [1.54, 1.807) is 0 Å². The fraction of sp³-hybridized carbons (Fsp3) is 0.941. The Morgan fingerprint density at radius 3 is 2.38 bits per heavy atom. The van der Waals surface area contributed by atoms with Gasteiger partial charge >= 0.3 is 5.97 Å². The number of nitrogens with one attached hydrogen (secondary N) is 1. The largest absolute Gasteiger partial charge is 0.481 e. The van der Waals surface area contributed by atoms with Crippen molar-refractivity contribution in [2.45, 2.75) is 69.9 Å². The summed E-state index contributed by atoms with van der Waals surface area (Å²) in [6.07, 6.45) is 11.4. The average Bonchev–Trinajstić information content (AvgIpc) is 3.18. The topological polar surface area (TPSA) is 52.6 Å². The second-order valence-electron chi connectivity index (χ2n) is 7.42. The minimum absolute atomic E-state index is 0.180. The van der Waals surface area contributed by atoms with Crippen LogP contribution in [0.2, 0.25) is 0 Å². The minimum atomic E-state index is -0.606. The molecule has 3 aliphatic rings. The first-order valence-electron chi connectivity index (χ1n) is 8.92. The Balaban J connectivity index is 1.54. The average molecular weight is 294 g/mol. The summed E-state index contributed by atoms with van der Waals surface area (Å²) in [4.78, 5) is 13.9. The molecule has 0 amide bonds. The van der Waals surface area contributed by atoms with Gasteiger partial charge in [0.2, 0.25) is 0 Å². The van der Waals surface area contributed by atoms with Crippen LogP contribution < -0.4 is 5.32 Å². The van der Waals surface area contributed by atoms with Crippen LogP contribution in [0.15, 0.2) is 0 Å². The summed E-state index contributed by atoms with van der Waals surface area (Å²) in [6, 6.07) is 1.02. The Kier molecular flexibility index (Phi) is 5.17. The van der Waals surface area contributed by atoms with E-state index in [0.29, 0.717) is 12.1 Å². The van der Waals surface area contributed by atoms with Gasteiger partial charge in [-0.25, -0.2) is 0 Å². The SMILES string of the molecule is O=C(O)C1CC(NCC2CCCC2)CN(C2CCCC2)C1. The quantitative estimate of drug-likeness (QED) is 0.818. The normalized spacial score (nSPS) is 32.8. The molecule has 1 heterocycles. The minimum Gasteiger partial charge on any atom is -0.481 e. The molecule has 0 aromatic carbocycles. The summed E-state index contributed by atoms with van der Waals surface area (Å²) in [5.41, 5.74) is 0. The van der Waals surface area contributed by atoms with Gasteiger partial charge < -0.3 is 10.4 Å². The van der Waals surface area contributed by atoms with Gasteiger partial charge in [-0.2, -0.15) is 0 Å². The zero-order valence-electron chi connectivity index (χ0n) is 13.1. The summed E-state index contributed by atoms with van der Waals surface area (Å²) < 4.78 is 0. The van der Waals surface area contributed by atoms with E-state index in [1.807, 2.05) is 0 Å². The molecular formula is C17H30N2O2. The van der Waals surface area contributed by atoms with Gasteiger partial charge in [-0.3, -0.25) is 9.69 Å². The first-order chi connectivity index (χ1) is 10.2. The van der Waals surface area contributed by atoms with Crippen LogP contribution in [0.4, 0.5) is 0 Å². The van der Waals surface area contributed by atoms with Gasteiger partial charge in [0.25, 0.3) is 0 Å². The number of nitrogens with zero attached hydrogens (tertiary/aromatic N) is 1. The van der Waals surface area contributed by atoms with Crippen LogP contribution in [0.3, 0.4) is 0 Å². The number of piperidine rings is 1. The molecule has 1 aliphatic heterocycles. The lowest BCUT2D eigenvalue weighted by Gasteiger charge is -2.40. The number of rotatable bonds is 5. The molecule has 3 rings (SSSR count). The maximum atomic E-state index is 11.5. The number of hydrogen-bond donors (Lipinski definition) is 2. The summed E-state index contributed by atoms with van der Waals surface area (Å²) >= 11 is 0. The molecule has 2 saturated carbocycles. The predicted octanol–water partition coefficient (Wildman–Crippen LogP) is 2.48. The molecule has 21 heavy (non-hydrogen) atoms. The van der Waals surface area contributed by atoms with E-state index < -0.39 is 5.97 Å². The molecule has 0 bridgehead atoms. The van der Waals surface area contributed by atoms with Crippen LogP contribution in [0.1, 0.15) is 57.8 Å². The molecule has 0 radical (unpaired) electrons. The summed E-state index contributed by atoms with van der Waals surface area (Å²) in [7, 11) is 0. The van der Waals surface area contributed by atoms with Gasteiger partial charge in [0.05, 0.1) is 5.92 Å². The van der Waals surface area contributed by atoms with Crippen LogP contribution in [-0.4, -0.2) is 47.7 Å². The van der Waals surface area contributed by atoms with E-state index in [4.69, 9.17) is 0 Å². The number of likely N-dealkylation sites (tertiary alicyclic amines) is 1. The smallest absolute Gasteiger partial charge is 0.307 e. The highest BCUT2D eigenvalue weighted by molar-refractivity contribution is 5.70. The Labute approximate surface area is 128 Å². The first-order valence-corrected chi connectivity index (χ1v) is 8.92. The number of carboxylic acids is 1. The number of carboxylic acid groups (broad SMARTS) is 1.